The molecule has 0 saturated carbocycles. The van der Waals surface area contributed by atoms with Crippen LogP contribution in [0.3, 0.4) is 0 Å². The van der Waals surface area contributed by atoms with Crippen LogP contribution in [0.2, 0.25) is 0 Å². The van der Waals surface area contributed by atoms with Gasteiger partial charge in [0.1, 0.15) is 5.69 Å². The van der Waals surface area contributed by atoms with Gasteiger partial charge in [0.05, 0.1) is 28.4 Å². The fourth-order valence-corrected chi connectivity index (χ4v) is 2.15. The summed E-state index contributed by atoms with van der Waals surface area (Å²) in [7, 11) is 0. The lowest BCUT2D eigenvalue weighted by Crippen LogP contribution is -2.16. The van der Waals surface area contributed by atoms with Crippen molar-refractivity contribution < 1.29 is 23.5 Å². The summed E-state index contributed by atoms with van der Waals surface area (Å²) in [6.45, 7) is 0. The maximum absolute atomic E-state index is 12.5. The number of nitro groups is 2. The highest BCUT2D eigenvalue weighted by molar-refractivity contribution is 6.50. The van der Waals surface area contributed by atoms with E-state index in [0.29, 0.717) is 0 Å². The van der Waals surface area contributed by atoms with Gasteiger partial charge in [0.15, 0.2) is 17.2 Å². The van der Waals surface area contributed by atoms with Crippen molar-refractivity contribution >= 4 is 28.6 Å². The molecule has 0 aliphatic rings. The zero-order chi connectivity index (χ0) is 19.4. The minimum atomic E-state index is -0.800. The number of ketones is 1. The Hall–Kier alpha value is -4.28. The van der Waals surface area contributed by atoms with E-state index in [9.17, 15) is 25.0 Å². The summed E-state index contributed by atoms with van der Waals surface area (Å²) >= 11 is 0. The molecule has 1 aromatic carbocycles. The van der Waals surface area contributed by atoms with E-state index >= 15 is 0 Å². The maximum Gasteiger partial charge on any atom is 0.301 e. The van der Waals surface area contributed by atoms with Crippen molar-refractivity contribution in [2.24, 2.45) is 5.10 Å². The number of nitrogens with zero attached hydrogens (tertiary/aromatic N) is 3. The summed E-state index contributed by atoms with van der Waals surface area (Å²) in [4.78, 5) is 33.0. The fourth-order valence-electron chi connectivity index (χ4n) is 2.15. The Labute approximate surface area is 150 Å². The van der Waals surface area contributed by atoms with Crippen molar-refractivity contribution in [1.82, 2.24) is 0 Å². The number of hydrogen-bond acceptors (Lipinski definition) is 9. The molecule has 11 nitrogen and oxygen atoms in total. The van der Waals surface area contributed by atoms with E-state index in [1.807, 2.05) is 0 Å². The summed E-state index contributed by atoms with van der Waals surface area (Å²) in [5, 5.41) is 25.9. The monoisotopic (exact) mass is 370 g/mol. The molecule has 0 aliphatic heterocycles. The van der Waals surface area contributed by atoms with Gasteiger partial charge < -0.3 is 8.83 Å². The number of anilines is 1. The van der Waals surface area contributed by atoms with Gasteiger partial charge in [0, 0.05) is 6.07 Å². The van der Waals surface area contributed by atoms with E-state index in [0.717, 1.165) is 18.2 Å². The summed E-state index contributed by atoms with van der Waals surface area (Å²) in [6.07, 6.45) is 2.64. The highest BCUT2D eigenvalue weighted by atomic mass is 16.6. The number of hydrazone groups is 1. The average Bonchev–Trinajstić information content (AvgIpc) is 3.35. The van der Waals surface area contributed by atoms with Crippen LogP contribution in [0.1, 0.15) is 16.3 Å². The van der Waals surface area contributed by atoms with Gasteiger partial charge in [-0.15, -0.1) is 0 Å². The van der Waals surface area contributed by atoms with Crippen molar-refractivity contribution in [2.75, 3.05) is 5.43 Å². The van der Waals surface area contributed by atoms with Gasteiger partial charge in [-0.25, -0.2) is 0 Å². The number of carbonyl (C=O) groups is 1. The van der Waals surface area contributed by atoms with Crippen molar-refractivity contribution in [1.29, 1.82) is 0 Å². The van der Waals surface area contributed by atoms with Gasteiger partial charge in [0.25, 0.3) is 11.5 Å². The number of nitrogens with one attached hydrogen (secondary N) is 1. The lowest BCUT2D eigenvalue weighted by molar-refractivity contribution is -0.393. The third-order valence-electron chi connectivity index (χ3n) is 3.39. The van der Waals surface area contributed by atoms with Crippen LogP contribution >= 0.6 is 0 Å². The Morgan fingerprint density at radius 3 is 2.19 bits per heavy atom. The zero-order valence-electron chi connectivity index (χ0n) is 13.4. The third kappa shape index (κ3) is 3.71. The molecule has 0 amide bonds. The summed E-state index contributed by atoms with van der Waals surface area (Å²) in [5.41, 5.74) is 1.04. The van der Waals surface area contributed by atoms with Crippen LogP contribution in [0.4, 0.5) is 17.1 Å². The molecule has 0 spiro atoms. The van der Waals surface area contributed by atoms with E-state index in [1.54, 1.807) is 0 Å². The van der Waals surface area contributed by atoms with E-state index < -0.39 is 27.0 Å². The normalized spacial score (nSPS) is 11.2. The summed E-state index contributed by atoms with van der Waals surface area (Å²) in [6, 6.07) is 8.94. The molecule has 1 N–H and O–H groups in total. The molecule has 0 radical (unpaired) electrons. The Bertz CT molecular complexity index is 1020. The van der Waals surface area contributed by atoms with Crippen molar-refractivity contribution in [3.63, 3.8) is 0 Å². The van der Waals surface area contributed by atoms with Crippen molar-refractivity contribution in [3.05, 3.63) is 86.7 Å². The molecule has 0 unspecified atom stereocenters. The fraction of sp³-hybridized carbons (Fsp3) is 0. The molecule has 3 rings (SSSR count). The van der Waals surface area contributed by atoms with Gasteiger partial charge in [-0.1, -0.05) is 0 Å². The van der Waals surface area contributed by atoms with E-state index in [4.69, 9.17) is 8.83 Å². The average molecular weight is 370 g/mol. The van der Waals surface area contributed by atoms with Crippen LogP contribution in [0.5, 0.6) is 0 Å². The molecule has 11 heteroatoms. The second kappa shape index (κ2) is 7.31. The minimum Gasteiger partial charge on any atom is -0.462 e. The quantitative estimate of drug-likeness (QED) is 0.287. The first kappa shape index (κ1) is 17.5. The largest absolute Gasteiger partial charge is 0.462 e. The number of rotatable bonds is 7. The van der Waals surface area contributed by atoms with Crippen LogP contribution in [-0.4, -0.2) is 21.3 Å². The molecule has 27 heavy (non-hydrogen) atoms. The van der Waals surface area contributed by atoms with Crippen LogP contribution in [-0.2, 0) is 0 Å². The first-order valence-corrected chi connectivity index (χ1v) is 7.36. The van der Waals surface area contributed by atoms with Crippen LogP contribution < -0.4 is 5.43 Å². The first-order valence-electron chi connectivity index (χ1n) is 7.36. The van der Waals surface area contributed by atoms with Crippen molar-refractivity contribution in [2.45, 2.75) is 0 Å². The number of nitro benzene ring substituents is 2. The van der Waals surface area contributed by atoms with E-state index in [-0.39, 0.29) is 22.9 Å². The smallest absolute Gasteiger partial charge is 0.301 e. The summed E-state index contributed by atoms with van der Waals surface area (Å²) < 4.78 is 10.2. The van der Waals surface area contributed by atoms with Gasteiger partial charge in [-0.3, -0.25) is 30.4 Å². The molecule has 3 aromatic rings. The Kier molecular flexibility index (Phi) is 4.75. The van der Waals surface area contributed by atoms with Crippen LogP contribution in [0.25, 0.3) is 0 Å². The molecule has 136 valence electrons. The SMILES string of the molecule is O=C(/C(=N\Nc1ccc([N+](=O)[O-])cc1[N+](=O)[O-])c1ccco1)c1ccco1. The van der Waals surface area contributed by atoms with Gasteiger partial charge >= 0.3 is 5.69 Å². The number of hydrogen-bond donors (Lipinski definition) is 1. The van der Waals surface area contributed by atoms with Crippen molar-refractivity contribution in [3.8, 4) is 0 Å². The van der Waals surface area contributed by atoms with E-state index in [1.165, 1.54) is 36.8 Å². The first-order chi connectivity index (χ1) is 13.0. The topological polar surface area (TPSA) is 154 Å². The van der Waals surface area contributed by atoms with Gasteiger partial charge in [-0.2, -0.15) is 5.10 Å². The third-order valence-corrected chi connectivity index (χ3v) is 3.39. The highest BCUT2D eigenvalue weighted by Crippen LogP contribution is 2.29. The molecule has 0 atom stereocenters. The predicted molar refractivity (Wildman–Crippen MR) is 91.7 cm³/mol. The highest BCUT2D eigenvalue weighted by Gasteiger charge is 2.23. The molecule has 2 heterocycles. The number of non-ortho nitro benzene ring substituents is 1. The zero-order valence-corrected chi connectivity index (χ0v) is 13.4. The summed E-state index contributed by atoms with van der Waals surface area (Å²) in [5.74, 6) is -0.523. The van der Waals surface area contributed by atoms with E-state index in [2.05, 4.69) is 10.5 Å². The maximum atomic E-state index is 12.5. The Balaban J connectivity index is 1.99. The molecular weight excluding hydrogens is 360 g/mol. The lowest BCUT2D eigenvalue weighted by atomic mass is 10.1. The second-order valence-electron chi connectivity index (χ2n) is 5.07. The lowest BCUT2D eigenvalue weighted by Gasteiger charge is -2.05. The molecule has 0 aliphatic carbocycles. The Morgan fingerprint density at radius 2 is 1.63 bits per heavy atom. The number of furan rings is 2. The molecular formula is C16H10N4O7. The number of Topliss-reactive ketones (excluding diaryl/α,β-unsaturated/α-hetero) is 1. The number of carbonyl (C=O) groups excluding carboxylic acids is 1. The Morgan fingerprint density at radius 1 is 0.963 bits per heavy atom. The predicted octanol–water partition coefficient (Wildman–Crippen LogP) is 3.39. The minimum absolute atomic E-state index is 0.00912. The van der Waals surface area contributed by atoms with Crippen LogP contribution in [0.15, 0.2) is 68.9 Å². The number of benzene rings is 1. The molecule has 0 saturated heterocycles. The molecule has 2 aromatic heterocycles. The second-order valence-corrected chi connectivity index (χ2v) is 5.07. The van der Waals surface area contributed by atoms with Gasteiger partial charge in [-0.05, 0) is 30.3 Å². The molecule has 0 fully saturated rings. The molecule has 0 bridgehead atoms. The standard InChI is InChI=1S/C16H10N4O7/c21-16(14-4-2-8-27-14)15(13-3-1-7-26-13)18-17-11-6-5-10(19(22)23)9-12(11)20(24)25/h1-9,17H/b18-15-. The van der Waals surface area contributed by atoms with Gasteiger partial charge in [0.2, 0.25) is 0 Å². The van der Waals surface area contributed by atoms with Crippen LogP contribution in [0, 0.1) is 20.2 Å².